The smallest absolute Gasteiger partial charge is 0.251 e. The van der Waals surface area contributed by atoms with Gasteiger partial charge in [-0.25, -0.2) is 0 Å². The molecule has 1 heterocycles. The molecule has 5 nitrogen and oxygen atoms in total. The van der Waals surface area contributed by atoms with Crippen molar-refractivity contribution in [3.8, 4) is 5.75 Å². The van der Waals surface area contributed by atoms with E-state index in [1.54, 1.807) is 12.1 Å². The van der Waals surface area contributed by atoms with Crippen molar-refractivity contribution in [1.29, 1.82) is 0 Å². The van der Waals surface area contributed by atoms with Crippen LogP contribution in [-0.4, -0.2) is 27.3 Å². The number of nitrogens with one attached hydrogen (secondary N) is 1. The fourth-order valence-electron chi connectivity index (χ4n) is 2.33. The number of hydrogen-bond acceptors (Lipinski definition) is 3. The molecule has 0 fully saturated rings. The Hall–Kier alpha value is -2.30. The number of benzene rings is 1. The quantitative estimate of drug-likeness (QED) is 0.829. The number of aromatic hydroxyl groups is 1. The lowest BCUT2D eigenvalue weighted by molar-refractivity contribution is 0.0952. The van der Waals surface area contributed by atoms with E-state index in [0.717, 1.165) is 29.9 Å². The summed E-state index contributed by atoms with van der Waals surface area (Å²) in [7, 11) is 0. The van der Waals surface area contributed by atoms with Gasteiger partial charge >= 0.3 is 0 Å². The van der Waals surface area contributed by atoms with Crippen LogP contribution in [0.25, 0.3) is 0 Å². The molecule has 0 bridgehead atoms. The summed E-state index contributed by atoms with van der Waals surface area (Å²) < 4.78 is 1.95. The Morgan fingerprint density at radius 2 is 2.05 bits per heavy atom. The zero-order chi connectivity index (χ0) is 15.4. The van der Waals surface area contributed by atoms with E-state index in [1.165, 1.54) is 6.07 Å². The minimum absolute atomic E-state index is 0.110. The maximum atomic E-state index is 12.0. The Balaban J connectivity index is 1.83. The van der Waals surface area contributed by atoms with Crippen molar-refractivity contribution in [2.45, 2.75) is 33.7 Å². The Morgan fingerprint density at radius 1 is 1.29 bits per heavy atom. The topological polar surface area (TPSA) is 67.2 Å². The summed E-state index contributed by atoms with van der Waals surface area (Å²) in [6.45, 7) is 7.19. The monoisotopic (exact) mass is 287 g/mol. The second-order valence-electron chi connectivity index (χ2n) is 5.26. The van der Waals surface area contributed by atoms with Crippen LogP contribution in [0.1, 0.15) is 33.7 Å². The van der Waals surface area contributed by atoms with Crippen LogP contribution >= 0.6 is 0 Å². The average Bonchev–Trinajstić information content (AvgIpc) is 2.73. The van der Waals surface area contributed by atoms with Crippen molar-refractivity contribution in [2.75, 3.05) is 6.54 Å². The average molecular weight is 287 g/mol. The summed E-state index contributed by atoms with van der Waals surface area (Å²) in [4.78, 5) is 12.0. The second kappa shape index (κ2) is 6.43. The van der Waals surface area contributed by atoms with Crippen LogP contribution in [-0.2, 0) is 6.54 Å². The minimum Gasteiger partial charge on any atom is -0.508 e. The zero-order valence-electron chi connectivity index (χ0n) is 12.7. The van der Waals surface area contributed by atoms with Gasteiger partial charge in [-0.3, -0.25) is 9.48 Å². The highest BCUT2D eigenvalue weighted by atomic mass is 16.3. The Bertz CT molecular complexity index is 647. The molecule has 1 aromatic carbocycles. The van der Waals surface area contributed by atoms with Crippen LogP contribution in [0.3, 0.4) is 0 Å². The molecule has 0 aliphatic heterocycles. The van der Waals surface area contributed by atoms with Gasteiger partial charge in [-0.1, -0.05) is 0 Å². The van der Waals surface area contributed by atoms with Gasteiger partial charge in [0.05, 0.1) is 5.69 Å². The molecule has 2 N–H and O–H groups in total. The number of aryl methyl sites for hydroxylation is 4. The van der Waals surface area contributed by atoms with Crippen molar-refractivity contribution in [1.82, 2.24) is 15.1 Å². The number of carbonyl (C=O) groups excluding carboxylic acids is 1. The van der Waals surface area contributed by atoms with Gasteiger partial charge in [0.15, 0.2) is 0 Å². The molecule has 1 amide bonds. The first kappa shape index (κ1) is 15.1. The molecule has 0 radical (unpaired) electrons. The summed E-state index contributed by atoms with van der Waals surface area (Å²) >= 11 is 0. The van der Waals surface area contributed by atoms with Crippen molar-refractivity contribution >= 4 is 5.91 Å². The summed E-state index contributed by atoms with van der Waals surface area (Å²) in [5, 5.41) is 16.6. The highest BCUT2D eigenvalue weighted by Gasteiger charge is 2.08. The van der Waals surface area contributed by atoms with Gasteiger partial charge in [0.2, 0.25) is 0 Å². The molecule has 0 saturated heterocycles. The predicted octanol–water partition coefficient (Wildman–Crippen LogP) is 2.33. The Morgan fingerprint density at radius 3 is 2.67 bits per heavy atom. The molecule has 0 aliphatic carbocycles. The highest BCUT2D eigenvalue weighted by molar-refractivity contribution is 5.95. The van der Waals surface area contributed by atoms with Crippen molar-refractivity contribution < 1.29 is 9.90 Å². The van der Waals surface area contributed by atoms with E-state index >= 15 is 0 Å². The van der Waals surface area contributed by atoms with Gasteiger partial charge < -0.3 is 10.4 Å². The van der Waals surface area contributed by atoms with Gasteiger partial charge in [0.25, 0.3) is 5.91 Å². The molecule has 21 heavy (non-hydrogen) atoms. The number of rotatable bonds is 5. The third-order valence-electron chi connectivity index (χ3n) is 3.39. The molecule has 5 heteroatoms. The molecule has 2 rings (SSSR count). The highest BCUT2D eigenvalue weighted by Crippen LogP contribution is 2.15. The first-order chi connectivity index (χ1) is 9.97. The standard InChI is InChI=1S/C16H21N3O2/c1-11-9-14(20)5-6-15(11)16(21)17-7-4-8-19-13(3)10-12(2)18-19/h5-6,9-10,20H,4,7-8H2,1-3H3,(H,17,21). The Kier molecular flexibility index (Phi) is 4.62. The number of phenolic OH excluding ortho intramolecular Hbond substituents is 1. The molecule has 0 spiro atoms. The second-order valence-corrected chi connectivity index (χ2v) is 5.26. The van der Waals surface area contributed by atoms with Crippen LogP contribution in [0, 0.1) is 20.8 Å². The summed E-state index contributed by atoms with van der Waals surface area (Å²) in [5.74, 6) is 0.0643. The lowest BCUT2D eigenvalue weighted by atomic mass is 10.1. The Labute approximate surface area is 124 Å². The van der Waals surface area contributed by atoms with Crippen LogP contribution in [0.2, 0.25) is 0 Å². The molecule has 0 atom stereocenters. The third-order valence-corrected chi connectivity index (χ3v) is 3.39. The van der Waals surface area contributed by atoms with Gasteiger partial charge in [-0.2, -0.15) is 5.10 Å². The van der Waals surface area contributed by atoms with E-state index in [-0.39, 0.29) is 11.7 Å². The van der Waals surface area contributed by atoms with E-state index in [4.69, 9.17) is 0 Å². The van der Waals surface area contributed by atoms with Gasteiger partial charge in [-0.05, 0) is 57.0 Å². The zero-order valence-corrected chi connectivity index (χ0v) is 12.7. The number of amides is 1. The molecular formula is C16H21N3O2. The van der Waals surface area contributed by atoms with Crippen LogP contribution in [0.5, 0.6) is 5.75 Å². The van der Waals surface area contributed by atoms with Crippen LogP contribution in [0.4, 0.5) is 0 Å². The van der Waals surface area contributed by atoms with Crippen molar-refractivity contribution in [3.63, 3.8) is 0 Å². The summed E-state index contributed by atoms with van der Waals surface area (Å²) in [6.07, 6.45) is 0.824. The van der Waals surface area contributed by atoms with E-state index in [2.05, 4.69) is 10.4 Å². The lowest BCUT2D eigenvalue weighted by Crippen LogP contribution is -2.26. The fraction of sp³-hybridized carbons (Fsp3) is 0.375. The number of aromatic nitrogens is 2. The molecular weight excluding hydrogens is 266 g/mol. The van der Waals surface area contributed by atoms with Crippen LogP contribution in [0.15, 0.2) is 24.3 Å². The predicted molar refractivity (Wildman–Crippen MR) is 81.5 cm³/mol. The minimum atomic E-state index is -0.110. The molecule has 0 saturated carbocycles. The van der Waals surface area contributed by atoms with Gasteiger partial charge in [0.1, 0.15) is 5.75 Å². The molecule has 112 valence electrons. The number of phenols is 1. The lowest BCUT2D eigenvalue weighted by Gasteiger charge is -2.09. The normalized spacial score (nSPS) is 10.6. The maximum Gasteiger partial charge on any atom is 0.251 e. The fourth-order valence-corrected chi connectivity index (χ4v) is 2.33. The molecule has 1 aromatic heterocycles. The van der Waals surface area contributed by atoms with Gasteiger partial charge in [0, 0.05) is 24.3 Å². The maximum absolute atomic E-state index is 12.0. The SMILES string of the molecule is Cc1cc(C)n(CCCNC(=O)c2ccc(O)cc2C)n1. The number of carbonyl (C=O) groups is 1. The summed E-state index contributed by atoms with van der Waals surface area (Å²) in [6, 6.07) is 6.79. The van der Waals surface area contributed by atoms with E-state index in [0.29, 0.717) is 12.1 Å². The van der Waals surface area contributed by atoms with Crippen molar-refractivity contribution in [2.24, 2.45) is 0 Å². The van der Waals surface area contributed by atoms with E-state index < -0.39 is 0 Å². The van der Waals surface area contributed by atoms with E-state index in [9.17, 15) is 9.90 Å². The first-order valence-corrected chi connectivity index (χ1v) is 7.06. The number of nitrogens with zero attached hydrogens (tertiary/aromatic N) is 2. The summed E-state index contributed by atoms with van der Waals surface area (Å²) in [5.41, 5.74) is 3.51. The van der Waals surface area contributed by atoms with Crippen LogP contribution < -0.4 is 5.32 Å². The molecule has 0 aliphatic rings. The molecule has 0 unspecified atom stereocenters. The van der Waals surface area contributed by atoms with E-state index in [1.807, 2.05) is 31.5 Å². The first-order valence-electron chi connectivity index (χ1n) is 7.06. The van der Waals surface area contributed by atoms with Crippen molar-refractivity contribution in [3.05, 3.63) is 46.8 Å². The largest absolute Gasteiger partial charge is 0.508 e. The third kappa shape index (κ3) is 3.84. The number of hydrogen-bond donors (Lipinski definition) is 2. The van der Waals surface area contributed by atoms with Gasteiger partial charge in [-0.15, -0.1) is 0 Å². The molecule has 2 aromatic rings.